The highest BCUT2D eigenvalue weighted by Gasteiger charge is 2.10. The van der Waals surface area contributed by atoms with Crippen molar-refractivity contribution < 1.29 is 0 Å². The third-order valence-corrected chi connectivity index (χ3v) is 5.29. The summed E-state index contributed by atoms with van der Waals surface area (Å²) in [7, 11) is 0. The maximum atomic E-state index is 3.60. The Morgan fingerprint density at radius 3 is 2.52 bits per heavy atom. The van der Waals surface area contributed by atoms with Crippen molar-refractivity contribution >= 4 is 17.0 Å². The van der Waals surface area contributed by atoms with Crippen LogP contribution < -0.4 is 10.2 Å². The SMILES string of the molecule is C[C@H](NCc1ccc(N2CCCCC2)cc1)c1cccs1. The summed E-state index contributed by atoms with van der Waals surface area (Å²) in [5.41, 5.74) is 2.74. The first-order chi connectivity index (χ1) is 10.3. The van der Waals surface area contributed by atoms with Crippen LogP contribution in [0.25, 0.3) is 0 Å². The molecule has 1 saturated heterocycles. The normalized spacial score (nSPS) is 16.9. The first-order valence-corrected chi connectivity index (χ1v) is 8.81. The van der Waals surface area contributed by atoms with Crippen molar-refractivity contribution in [2.24, 2.45) is 0 Å². The first kappa shape index (κ1) is 14.6. The van der Waals surface area contributed by atoms with E-state index in [1.165, 1.54) is 48.5 Å². The van der Waals surface area contributed by atoms with Gasteiger partial charge in [0.2, 0.25) is 0 Å². The summed E-state index contributed by atoms with van der Waals surface area (Å²) in [6.45, 7) is 5.59. The molecule has 2 nitrogen and oxygen atoms in total. The Kier molecular flexibility index (Phi) is 4.94. The van der Waals surface area contributed by atoms with Gasteiger partial charge in [-0.05, 0) is 55.3 Å². The van der Waals surface area contributed by atoms with Crippen LogP contribution in [-0.4, -0.2) is 13.1 Å². The molecule has 2 heterocycles. The van der Waals surface area contributed by atoms with Crippen LogP contribution >= 0.6 is 11.3 Å². The Balaban J connectivity index is 1.54. The summed E-state index contributed by atoms with van der Waals surface area (Å²) >= 11 is 1.82. The molecule has 1 aliphatic rings. The summed E-state index contributed by atoms with van der Waals surface area (Å²) in [4.78, 5) is 3.91. The van der Waals surface area contributed by atoms with E-state index in [-0.39, 0.29) is 0 Å². The first-order valence-electron chi connectivity index (χ1n) is 7.93. The quantitative estimate of drug-likeness (QED) is 0.869. The van der Waals surface area contributed by atoms with Gasteiger partial charge < -0.3 is 10.2 Å². The van der Waals surface area contributed by atoms with Crippen LogP contribution in [-0.2, 0) is 6.54 Å². The number of benzene rings is 1. The molecule has 0 bridgehead atoms. The monoisotopic (exact) mass is 300 g/mol. The van der Waals surface area contributed by atoms with Gasteiger partial charge >= 0.3 is 0 Å². The van der Waals surface area contributed by atoms with Crippen LogP contribution in [0.4, 0.5) is 5.69 Å². The maximum Gasteiger partial charge on any atom is 0.0388 e. The second kappa shape index (κ2) is 7.10. The Hall–Kier alpha value is -1.32. The van der Waals surface area contributed by atoms with Gasteiger partial charge in [0.1, 0.15) is 0 Å². The topological polar surface area (TPSA) is 15.3 Å². The third-order valence-electron chi connectivity index (χ3n) is 4.24. The molecule has 3 heteroatoms. The highest BCUT2D eigenvalue weighted by atomic mass is 32.1. The molecule has 1 atom stereocenters. The molecule has 0 unspecified atom stereocenters. The number of piperidine rings is 1. The number of nitrogens with one attached hydrogen (secondary N) is 1. The van der Waals surface area contributed by atoms with E-state index in [1.807, 2.05) is 11.3 Å². The molecule has 0 aliphatic carbocycles. The highest BCUT2D eigenvalue weighted by Crippen LogP contribution is 2.21. The van der Waals surface area contributed by atoms with Gasteiger partial charge in [-0.25, -0.2) is 0 Å². The third kappa shape index (κ3) is 3.86. The average Bonchev–Trinajstić information content (AvgIpc) is 3.08. The van der Waals surface area contributed by atoms with Gasteiger partial charge in [-0.15, -0.1) is 11.3 Å². The second-order valence-electron chi connectivity index (χ2n) is 5.83. The number of rotatable bonds is 5. The van der Waals surface area contributed by atoms with E-state index in [1.54, 1.807) is 0 Å². The van der Waals surface area contributed by atoms with Gasteiger partial charge in [0.15, 0.2) is 0 Å². The predicted molar refractivity (Wildman–Crippen MR) is 92.1 cm³/mol. The molecule has 1 aromatic heterocycles. The molecule has 2 aromatic rings. The zero-order valence-electron chi connectivity index (χ0n) is 12.7. The fraction of sp³-hybridized carbons (Fsp3) is 0.444. The molecule has 1 N–H and O–H groups in total. The van der Waals surface area contributed by atoms with Crippen molar-refractivity contribution in [1.82, 2.24) is 5.32 Å². The maximum absolute atomic E-state index is 3.60. The molecule has 0 spiro atoms. The second-order valence-corrected chi connectivity index (χ2v) is 6.81. The minimum atomic E-state index is 0.423. The van der Waals surface area contributed by atoms with Crippen LogP contribution in [0, 0.1) is 0 Å². The lowest BCUT2D eigenvalue weighted by atomic mass is 10.1. The van der Waals surface area contributed by atoms with E-state index in [2.05, 4.69) is 58.9 Å². The summed E-state index contributed by atoms with van der Waals surface area (Å²) < 4.78 is 0. The standard InChI is InChI=1S/C18H24N2S/c1-15(18-6-5-13-21-18)19-14-16-7-9-17(10-8-16)20-11-3-2-4-12-20/h5-10,13,15,19H,2-4,11-12,14H2,1H3/t15-/m0/s1. The van der Waals surface area contributed by atoms with Crippen LogP contribution in [0.15, 0.2) is 41.8 Å². The molecule has 0 amide bonds. The highest BCUT2D eigenvalue weighted by molar-refractivity contribution is 7.10. The van der Waals surface area contributed by atoms with E-state index in [9.17, 15) is 0 Å². The minimum absolute atomic E-state index is 0.423. The predicted octanol–water partition coefficient (Wildman–Crippen LogP) is 4.59. The fourth-order valence-corrected chi connectivity index (χ4v) is 3.64. The molecule has 0 saturated carbocycles. The van der Waals surface area contributed by atoms with Crippen LogP contribution in [0.5, 0.6) is 0 Å². The van der Waals surface area contributed by atoms with E-state index in [0.717, 1.165) is 6.54 Å². The molecule has 3 rings (SSSR count). The van der Waals surface area contributed by atoms with Crippen molar-refractivity contribution in [2.75, 3.05) is 18.0 Å². The van der Waals surface area contributed by atoms with Gasteiger partial charge in [0.05, 0.1) is 0 Å². The van der Waals surface area contributed by atoms with Crippen LogP contribution in [0.3, 0.4) is 0 Å². The number of thiophene rings is 1. The van der Waals surface area contributed by atoms with Gasteiger partial charge in [0.25, 0.3) is 0 Å². The Bertz CT molecular complexity index is 527. The Morgan fingerprint density at radius 2 is 1.86 bits per heavy atom. The molecule has 0 radical (unpaired) electrons. The Labute approximate surface area is 131 Å². The number of anilines is 1. The smallest absolute Gasteiger partial charge is 0.0388 e. The number of hydrogen-bond acceptors (Lipinski definition) is 3. The summed E-state index contributed by atoms with van der Waals surface area (Å²) in [5.74, 6) is 0. The molecule has 112 valence electrons. The van der Waals surface area contributed by atoms with E-state index < -0.39 is 0 Å². The van der Waals surface area contributed by atoms with Crippen molar-refractivity contribution in [2.45, 2.75) is 38.8 Å². The molecule has 1 aliphatic heterocycles. The zero-order chi connectivity index (χ0) is 14.5. The minimum Gasteiger partial charge on any atom is -0.372 e. The van der Waals surface area contributed by atoms with E-state index in [4.69, 9.17) is 0 Å². The van der Waals surface area contributed by atoms with E-state index in [0.29, 0.717) is 6.04 Å². The summed E-state index contributed by atoms with van der Waals surface area (Å²) in [6, 6.07) is 13.8. The Morgan fingerprint density at radius 1 is 1.10 bits per heavy atom. The zero-order valence-corrected chi connectivity index (χ0v) is 13.5. The molecular weight excluding hydrogens is 276 g/mol. The lowest BCUT2D eigenvalue weighted by Crippen LogP contribution is -2.29. The summed E-state index contributed by atoms with van der Waals surface area (Å²) in [5, 5.41) is 5.74. The van der Waals surface area contributed by atoms with Crippen molar-refractivity contribution in [1.29, 1.82) is 0 Å². The van der Waals surface area contributed by atoms with Crippen LogP contribution in [0.2, 0.25) is 0 Å². The van der Waals surface area contributed by atoms with Crippen molar-refractivity contribution in [3.63, 3.8) is 0 Å². The van der Waals surface area contributed by atoms with Crippen molar-refractivity contribution in [3.05, 3.63) is 52.2 Å². The molecule has 1 aromatic carbocycles. The average molecular weight is 300 g/mol. The fourth-order valence-electron chi connectivity index (χ4n) is 2.89. The molecule has 21 heavy (non-hydrogen) atoms. The largest absolute Gasteiger partial charge is 0.372 e. The summed E-state index contributed by atoms with van der Waals surface area (Å²) in [6.07, 6.45) is 4.06. The van der Waals surface area contributed by atoms with Gasteiger partial charge in [-0.1, -0.05) is 18.2 Å². The van der Waals surface area contributed by atoms with Gasteiger partial charge in [-0.2, -0.15) is 0 Å². The number of hydrogen-bond donors (Lipinski definition) is 1. The van der Waals surface area contributed by atoms with E-state index >= 15 is 0 Å². The van der Waals surface area contributed by atoms with Crippen molar-refractivity contribution in [3.8, 4) is 0 Å². The van der Waals surface area contributed by atoms with Crippen LogP contribution in [0.1, 0.15) is 42.7 Å². The number of nitrogens with zero attached hydrogens (tertiary/aromatic N) is 1. The van der Waals surface area contributed by atoms with Gasteiger partial charge in [-0.3, -0.25) is 0 Å². The van der Waals surface area contributed by atoms with Gasteiger partial charge in [0, 0.05) is 36.2 Å². The lowest BCUT2D eigenvalue weighted by Gasteiger charge is -2.28. The lowest BCUT2D eigenvalue weighted by molar-refractivity contribution is 0.576. The molecule has 1 fully saturated rings. The molecular formula is C18H24N2S.